The number of hydrogen-bond acceptors (Lipinski definition) is 4. The summed E-state index contributed by atoms with van der Waals surface area (Å²) in [5.74, 6) is 0. The first-order valence-corrected chi connectivity index (χ1v) is 7.72. The number of nitrogens with zero attached hydrogens (tertiary/aromatic N) is 1. The van der Waals surface area contributed by atoms with Crippen LogP contribution in [0.15, 0.2) is 29.2 Å². The Labute approximate surface area is 126 Å². The first-order chi connectivity index (χ1) is 9.99. The number of thioether (sulfide) groups is 1. The smallest absolute Gasteiger partial charge is 0.396 e. The van der Waals surface area contributed by atoms with E-state index in [1.54, 1.807) is 12.1 Å². The van der Waals surface area contributed by atoms with Gasteiger partial charge in [0, 0.05) is 43.7 Å². The van der Waals surface area contributed by atoms with Crippen LogP contribution >= 0.6 is 11.8 Å². The maximum absolute atomic E-state index is 12.3. The normalized spacial score (nSPS) is 18.7. The molecule has 118 valence electrons. The molecule has 1 fully saturated rings. The minimum Gasteiger partial charge on any atom is -0.396 e. The molecule has 0 saturated carbocycles. The van der Waals surface area contributed by atoms with Crippen LogP contribution < -0.4 is 5.32 Å². The van der Waals surface area contributed by atoms with Crippen LogP contribution in [-0.2, 0) is 0 Å². The molecule has 3 nitrogen and oxygen atoms in total. The van der Waals surface area contributed by atoms with Crippen LogP contribution in [0.5, 0.6) is 0 Å². The number of nitrogens with one attached hydrogen (secondary N) is 1. The lowest BCUT2D eigenvalue weighted by molar-refractivity contribution is -0.0328. The molecule has 0 bridgehead atoms. The van der Waals surface area contributed by atoms with Crippen molar-refractivity contribution in [3.63, 3.8) is 0 Å². The van der Waals surface area contributed by atoms with Crippen molar-refractivity contribution in [3.8, 4) is 0 Å². The van der Waals surface area contributed by atoms with Gasteiger partial charge >= 0.3 is 5.51 Å². The van der Waals surface area contributed by atoms with Gasteiger partial charge in [-0.3, -0.25) is 4.90 Å². The van der Waals surface area contributed by atoms with Crippen LogP contribution in [0, 0.1) is 0 Å². The third-order valence-electron chi connectivity index (χ3n) is 3.49. The van der Waals surface area contributed by atoms with E-state index in [-0.39, 0.29) is 29.3 Å². The highest BCUT2D eigenvalue weighted by molar-refractivity contribution is 8.00. The fourth-order valence-electron chi connectivity index (χ4n) is 2.57. The Morgan fingerprint density at radius 1 is 1.19 bits per heavy atom. The number of halogens is 3. The first kappa shape index (κ1) is 16.6. The highest BCUT2D eigenvalue weighted by atomic mass is 32.2. The number of aliphatic hydroxyl groups excluding tert-OH is 1. The monoisotopic (exact) mass is 320 g/mol. The van der Waals surface area contributed by atoms with Gasteiger partial charge in [-0.2, -0.15) is 13.2 Å². The van der Waals surface area contributed by atoms with Crippen LogP contribution in [0.4, 0.5) is 13.2 Å². The fraction of sp³-hybridized carbons (Fsp3) is 0.571. The zero-order valence-corrected chi connectivity index (χ0v) is 12.4. The third-order valence-corrected chi connectivity index (χ3v) is 4.23. The van der Waals surface area contributed by atoms with E-state index in [1.165, 1.54) is 12.1 Å². The highest BCUT2D eigenvalue weighted by Crippen LogP contribution is 2.37. The molecule has 1 atom stereocenters. The van der Waals surface area contributed by atoms with Crippen molar-refractivity contribution in [2.75, 3.05) is 32.8 Å². The van der Waals surface area contributed by atoms with Gasteiger partial charge in [0.1, 0.15) is 0 Å². The number of alkyl halides is 3. The van der Waals surface area contributed by atoms with Crippen LogP contribution in [0.3, 0.4) is 0 Å². The van der Waals surface area contributed by atoms with Crippen molar-refractivity contribution in [2.24, 2.45) is 0 Å². The summed E-state index contributed by atoms with van der Waals surface area (Å²) in [6.45, 7) is 3.61. The van der Waals surface area contributed by atoms with Gasteiger partial charge in [-0.15, -0.1) is 0 Å². The second-order valence-electron chi connectivity index (χ2n) is 4.93. The van der Waals surface area contributed by atoms with Crippen molar-refractivity contribution in [2.45, 2.75) is 22.9 Å². The predicted molar refractivity (Wildman–Crippen MR) is 77.2 cm³/mol. The quantitative estimate of drug-likeness (QED) is 0.818. The average Bonchev–Trinajstić information content (AvgIpc) is 2.45. The summed E-state index contributed by atoms with van der Waals surface area (Å²) in [5, 5.41) is 12.5. The van der Waals surface area contributed by atoms with Gasteiger partial charge in [-0.05, 0) is 35.9 Å². The van der Waals surface area contributed by atoms with Crippen molar-refractivity contribution in [1.29, 1.82) is 0 Å². The van der Waals surface area contributed by atoms with Gasteiger partial charge in [0.15, 0.2) is 0 Å². The maximum Gasteiger partial charge on any atom is 0.446 e. The van der Waals surface area contributed by atoms with Crippen LogP contribution in [0.2, 0.25) is 0 Å². The summed E-state index contributed by atoms with van der Waals surface area (Å²) in [6.07, 6.45) is 0.589. The molecule has 0 radical (unpaired) electrons. The van der Waals surface area contributed by atoms with Crippen LogP contribution in [0.25, 0.3) is 0 Å². The number of aliphatic hydroxyl groups is 1. The largest absolute Gasteiger partial charge is 0.446 e. The summed E-state index contributed by atoms with van der Waals surface area (Å²) < 4.78 is 37.0. The minimum absolute atomic E-state index is 0.0574. The third kappa shape index (κ3) is 5.18. The molecule has 0 aliphatic carbocycles. The fourth-order valence-corrected chi connectivity index (χ4v) is 3.11. The number of benzene rings is 1. The molecule has 1 aliphatic heterocycles. The summed E-state index contributed by atoms with van der Waals surface area (Å²) in [7, 11) is 0. The molecule has 0 spiro atoms. The van der Waals surface area contributed by atoms with E-state index in [4.69, 9.17) is 0 Å². The number of rotatable bonds is 5. The van der Waals surface area contributed by atoms with E-state index in [0.717, 1.165) is 31.7 Å². The molecule has 1 aromatic carbocycles. The Hall–Kier alpha value is -0.760. The maximum atomic E-state index is 12.3. The molecular weight excluding hydrogens is 301 g/mol. The Balaban J connectivity index is 2.09. The SMILES string of the molecule is OCC[C@H](c1ccc(SC(F)(F)F)cc1)N1CCNCC1. The topological polar surface area (TPSA) is 35.5 Å². The average molecular weight is 320 g/mol. The summed E-state index contributed by atoms with van der Waals surface area (Å²) >= 11 is -0.103. The molecule has 0 aromatic heterocycles. The van der Waals surface area contributed by atoms with Gasteiger partial charge in [-0.25, -0.2) is 0 Å². The Kier molecular flexibility index (Phi) is 5.92. The second-order valence-corrected chi connectivity index (χ2v) is 6.07. The summed E-state index contributed by atoms with van der Waals surface area (Å²) in [6, 6.07) is 6.52. The molecule has 1 heterocycles. The highest BCUT2D eigenvalue weighted by Gasteiger charge is 2.29. The van der Waals surface area contributed by atoms with E-state index in [1.807, 2.05) is 0 Å². The molecule has 7 heteroatoms. The lowest BCUT2D eigenvalue weighted by Crippen LogP contribution is -2.45. The van der Waals surface area contributed by atoms with E-state index in [2.05, 4.69) is 10.2 Å². The lowest BCUT2D eigenvalue weighted by atomic mass is 10.0. The van der Waals surface area contributed by atoms with Crippen LogP contribution in [-0.4, -0.2) is 48.3 Å². The zero-order chi connectivity index (χ0) is 15.3. The van der Waals surface area contributed by atoms with Crippen molar-refractivity contribution < 1.29 is 18.3 Å². The van der Waals surface area contributed by atoms with Gasteiger partial charge < -0.3 is 10.4 Å². The molecule has 0 unspecified atom stereocenters. The molecule has 2 N–H and O–H groups in total. The van der Waals surface area contributed by atoms with Gasteiger partial charge in [0.2, 0.25) is 0 Å². The predicted octanol–water partition coefficient (Wildman–Crippen LogP) is 2.63. The Bertz CT molecular complexity index is 433. The molecule has 0 amide bonds. The van der Waals surface area contributed by atoms with E-state index < -0.39 is 5.51 Å². The van der Waals surface area contributed by atoms with E-state index in [9.17, 15) is 18.3 Å². The molecule has 1 saturated heterocycles. The minimum atomic E-state index is -4.26. The first-order valence-electron chi connectivity index (χ1n) is 6.91. The van der Waals surface area contributed by atoms with E-state index in [0.29, 0.717) is 6.42 Å². The van der Waals surface area contributed by atoms with Gasteiger partial charge in [-0.1, -0.05) is 12.1 Å². The Morgan fingerprint density at radius 2 is 1.81 bits per heavy atom. The summed E-state index contributed by atoms with van der Waals surface area (Å²) in [5.41, 5.74) is -3.30. The van der Waals surface area contributed by atoms with Crippen molar-refractivity contribution in [3.05, 3.63) is 29.8 Å². The Morgan fingerprint density at radius 3 is 2.33 bits per heavy atom. The molecular formula is C14H19F3N2OS. The van der Waals surface area contributed by atoms with Gasteiger partial charge in [0.05, 0.1) is 0 Å². The van der Waals surface area contributed by atoms with Crippen molar-refractivity contribution in [1.82, 2.24) is 10.2 Å². The zero-order valence-electron chi connectivity index (χ0n) is 11.6. The summed E-state index contributed by atoms with van der Waals surface area (Å²) in [4.78, 5) is 2.45. The molecule has 1 aliphatic rings. The molecule has 1 aromatic rings. The van der Waals surface area contributed by atoms with E-state index >= 15 is 0 Å². The number of hydrogen-bond donors (Lipinski definition) is 2. The number of piperazine rings is 1. The molecule has 21 heavy (non-hydrogen) atoms. The van der Waals surface area contributed by atoms with Crippen molar-refractivity contribution >= 4 is 11.8 Å². The lowest BCUT2D eigenvalue weighted by Gasteiger charge is -2.35. The van der Waals surface area contributed by atoms with Crippen LogP contribution in [0.1, 0.15) is 18.0 Å². The molecule has 2 rings (SSSR count). The second kappa shape index (κ2) is 7.49. The standard InChI is InChI=1S/C14H19F3N2OS/c15-14(16,17)21-12-3-1-11(2-4-12)13(5-10-20)19-8-6-18-7-9-19/h1-4,13,18,20H,5-10H2/t13-/m1/s1. The van der Waals surface area contributed by atoms with Gasteiger partial charge in [0.25, 0.3) is 0 Å².